The van der Waals surface area contributed by atoms with Gasteiger partial charge in [-0.2, -0.15) is 0 Å². The summed E-state index contributed by atoms with van der Waals surface area (Å²) in [6.07, 6.45) is 1.25. The molecule has 2 fully saturated rings. The lowest BCUT2D eigenvalue weighted by atomic mass is 9.78. The lowest BCUT2D eigenvalue weighted by molar-refractivity contribution is -0.187. The predicted molar refractivity (Wildman–Crippen MR) is 145 cm³/mol. The highest BCUT2D eigenvalue weighted by Crippen LogP contribution is 2.47. The van der Waals surface area contributed by atoms with Gasteiger partial charge in [-0.3, -0.25) is 14.5 Å². The van der Waals surface area contributed by atoms with Crippen LogP contribution in [0, 0.1) is 0 Å². The van der Waals surface area contributed by atoms with Crippen LogP contribution in [0.1, 0.15) is 46.3 Å². The third-order valence-electron chi connectivity index (χ3n) is 8.06. The van der Waals surface area contributed by atoms with Crippen molar-refractivity contribution in [2.75, 3.05) is 45.4 Å². The van der Waals surface area contributed by atoms with E-state index in [1.165, 1.54) is 0 Å². The van der Waals surface area contributed by atoms with Crippen molar-refractivity contribution in [3.8, 4) is 11.5 Å². The zero-order valence-electron chi connectivity index (χ0n) is 22.2. The lowest BCUT2D eigenvalue weighted by Gasteiger charge is -2.45. The molecule has 3 aromatic rings. The van der Waals surface area contributed by atoms with Crippen molar-refractivity contribution >= 4 is 17.5 Å². The van der Waals surface area contributed by atoms with Crippen LogP contribution in [0.25, 0.3) is 0 Å². The van der Waals surface area contributed by atoms with Gasteiger partial charge in [-0.15, -0.1) is 0 Å². The molecule has 8 nitrogen and oxygen atoms in total. The van der Waals surface area contributed by atoms with Gasteiger partial charge in [0.15, 0.2) is 5.79 Å². The number of piperidine rings is 1. The summed E-state index contributed by atoms with van der Waals surface area (Å²) in [7, 11) is 3.23. The van der Waals surface area contributed by atoms with Crippen LogP contribution in [0.3, 0.4) is 0 Å². The number of amides is 2. The molecule has 3 aliphatic heterocycles. The van der Waals surface area contributed by atoms with Gasteiger partial charge in [0.05, 0.1) is 39.4 Å². The molecule has 6 rings (SSSR count). The molecule has 3 aliphatic rings. The molecule has 2 atom stereocenters. The second kappa shape index (κ2) is 10.4. The molecule has 1 spiro atoms. The van der Waals surface area contributed by atoms with Gasteiger partial charge in [0.1, 0.15) is 11.5 Å². The van der Waals surface area contributed by atoms with Crippen molar-refractivity contribution in [3.05, 3.63) is 89.5 Å². The molecule has 2 amide bonds. The fourth-order valence-corrected chi connectivity index (χ4v) is 6.02. The number of hydrogen-bond acceptors (Lipinski definition) is 6. The van der Waals surface area contributed by atoms with Gasteiger partial charge in [-0.05, 0) is 53.6 Å². The molecule has 3 heterocycles. The van der Waals surface area contributed by atoms with E-state index in [2.05, 4.69) is 0 Å². The quantitative estimate of drug-likeness (QED) is 0.484. The summed E-state index contributed by atoms with van der Waals surface area (Å²) in [5.74, 6) is 0.0534. The van der Waals surface area contributed by atoms with Gasteiger partial charge >= 0.3 is 0 Å². The molecule has 0 radical (unpaired) electrons. The number of nitrogens with zero attached hydrogens (tertiary/aromatic N) is 2. The number of carbonyl (C=O) groups excluding carboxylic acids is 2. The zero-order valence-corrected chi connectivity index (χ0v) is 22.2. The van der Waals surface area contributed by atoms with E-state index in [0.29, 0.717) is 61.9 Å². The lowest BCUT2D eigenvalue weighted by Crippen LogP contribution is -2.52. The maximum absolute atomic E-state index is 14.5. The van der Waals surface area contributed by atoms with Gasteiger partial charge in [-0.1, -0.05) is 30.3 Å². The van der Waals surface area contributed by atoms with E-state index in [-0.39, 0.29) is 11.8 Å². The van der Waals surface area contributed by atoms with Crippen LogP contribution in [-0.4, -0.2) is 63.0 Å². The summed E-state index contributed by atoms with van der Waals surface area (Å²) < 4.78 is 22.5. The number of rotatable bonds is 5. The minimum absolute atomic E-state index is 0.0119. The molecule has 0 saturated carbocycles. The molecule has 202 valence electrons. The summed E-state index contributed by atoms with van der Waals surface area (Å²) in [4.78, 5) is 32.2. The molecule has 0 aliphatic carbocycles. The highest BCUT2D eigenvalue weighted by atomic mass is 16.7. The third-order valence-corrected chi connectivity index (χ3v) is 8.06. The molecule has 0 aromatic heterocycles. The highest BCUT2D eigenvalue weighted by Gasteiger charge is 2.48. The molecule has 2 saturated heterocycles. The van der Waals surface area contributed by atoms with Gasteiger partial charge in [0.2, 0.25) is 5.91 Å². The summed E-state index contributed by atoms with van der Waals surface area (Å²) in [5, 5.41) is 0. The highest BCUT2D eigenvalue weighted by molar-refractivity contribution is 6.11. The number of carbonyl (C=O) groups is 2. The third kappa shape index (κ3) is 4.53. The van der Waals surface area contributed by atoms with E-state index in [9.17, 15) is 9.59 Å². The number of ether oxygens (including phenoxy) is 4. The van der Waals surface area contributed by atoms with Gasteiger partial charge in [0.25, 0.3) is 5.91 Å². The molecule has 2 unspecified atom stereocenters. The van der Waals surface area contributed by atoms with Crippen LogP contribution in [0.4, 0.5) is 5.69 Å². The molecule has 0 bridgehead atoms. The summed E-state index contributed by atoms with van der Waals surface area (Å²) in [5.41, 5.74) is 2.82. The fourth-order valence-electron chi connectivity index (χ4n) is 6.02. The second-order valence-electron chi connectivity index (χ2n) is 10.1. The molecule has 3 aromatic carbocycles. The van der Waals surface area contributed by atoms with Crippen molar-refractivity contribution < 1.29 is 28.5 Å². The first-order chi connectivity index (χ1) is 19.0. The summed E-state index contributed by atoms with van der Waals surface area (Å²) >= 11 is 0. The number of anilines is 1. The Hall–Kier alpha value is -3.88. The first-order valence-electron chi connectivity index (χ1n) is 13.3. The van der Waals surface area contributed by atoms with Crippen molar-refractivity contribution in [1.29, 1.82) is 0 Å². The summed E-state index contributed by atoms with van der Waals surface area (Å²) in [6, 6.07) is 21.9. The first kappa shape index (κ1) is 25.4. The second-order valence-corrected chi connectivity index (χ2v) is 10.1. The Morgan fingerprint density at radius 1 is 0.846 bits per heavy atom. The molecule has 0 N–H and O–H groups in total. The number of hydrogen-bond donors (Lipinski definition) is 0. The Morgan fingerprint density at radius 2 is 1.44 bits per heavy atom. The van der Waals surface area contributed by atoms with E-state index in [0.717, 1.165) is 11.1 Å². The Bertz CT molecular complexity index is 1340. The van der Waals surface area contributed by atoms with Crippen LogP contribution < -0.4 is 14.4 Å². The number of benzene rings is 3. The maximum atomic E-state index is 14.5. The minimum Gasteiger partial charge on any atom is -0.497 e. The molecule has 39 heavy (non-hydrogen) atoms. The van der Waals surface area contributed by atoms with Crippen LogP contribution in [0.15, 0.2) is 72.8 Å². The smallest absolute Gasteiger partial charge is 0.259 e. The first-order valence-corrected chi connectivity index (χ1v) is 13.3. The van der Waals surface area contributed by atoms with E-state index < -0.39 is 17.7 Å². The average molecular weight is 529 g/mol. The maximum Gasteiger partial charge on any atom is 0.259 e. The Balaban J connectivity index is 1.45. The van der Waals surface area contributed by atoms with Crippen molar-refractivity contribution in [3.63, 3.8) is 0 Å². The van der Waals surface area contributed by atoms with E-state index in [1.54, 1.807) is 19.1 Å². The van der Waals surface area contributed by atoms with Gasteiger partial charge < -0.3 is 23.8 Å². The van der Waals surface area contributed by atoms with Crippen LogP contribution in [-0.2, 0) is 14.3 Å². The van der Waals surface area contributed by atoms with E-state index in [1.807, 2.05) is 77.7 Å². The monoisotopic (exact) mass is 528 g/mol. The zero-order chi connectivity index (χ0) is 27.0. The Morgan fingerprint density at radius 3 is 2.05 bits per heavy atom. The van der Waals surface area contributed by atoms with E-state index in [4.69, 9.17) is 18.9 Å². The fraction of sp³-hybridized carbons (Fsp3) is 0.355. The van der Waals surface area contributed by atoms with Crippen molar-refractivity contribution in [2.24, 2.45) is 0 Å². The van der Waals surface area contributed by atoms with Crippen LogP contribution >= 0.6 is 0 Å². The topological polar surface area (TPSA) is 77.5 Å². The minimum atomic E-state index is -0.603. The normalized spacial score (nSPS) is 22.1. The average Bonchev–Trinajstić information content (AvgIpc) is 3.45. The van der Waals surface area contributed by atoms with Crippen LogP contribution in [0.5, 0.6) is 11.5 Å². The molecule has 8 heteroatoms. The largest absolute Gasteiger partial charge is 0.497 e. The SMILES string of the molecule is COc1ccc(C2C(C(=O)N3CCC4(CC3)OCCO4)c3ccccc3C(=O)N2c2ccc(OC)cc2)cc1. The Labute approximate surface area is 228 Å². The van der Waals surface area contributed by atoms with Crippen molar-refractivity contribution in [1.82, 2.24) is 4.90 Å². The van der Waals surface area contributed by atoms with E-state index >= 15 is 0 Å². The number of methoxy groups -OCH3 is 2. The van der Waals surface area contributed by atoms with Crippen molar-refractivity contribution in [2.45, 2.75) is 30.6 Å². The standard InChI is InChI=1S/C31H32N2O6/c1-36-23-11-7-21(8-12-23)28-27(30(35)32-17-15-31(16-18-32)38-19-20-39-31)25-5-3-4-6-26(25)29(34)33(28)22-9-13-24(37-2)14-10-22/h3-14,27-28H,15-20H2,1-2H3. The van der Waals surface area contributed by atoms with Crippen LogP contribution in [0.2, 0.25) is 0 Å². The number of likely N-dealkylation sites (tertiary alicyclic amines) is 1. The van der Waals surface area contributed by atoms with Gasteiger partial charge in [0, 0.05) is 37.2 Å². The summed E-state index contributed by atoms with van der Waals surface area (Å²) in [6.45, 7) is 2.23. The molecular formula is C31H32N2O6. The Kier molecular flexibility index (Phi) is 6.74. The molecular weight excluding hydrogens is 496 g/mol. The predicted octanol–water partition coefficient (Wildman–Crippen LogP) is 4.55. The van der Waals surface area contributed by atoms with Gasteiger partial charge in [-0.25, -0.2) is 0 Å². The number of fused-ring (bicyclic) bond motifs is 1.